The van der Waals surface area contributed by atoms with Crippen molar-refractivity contribution in [3.63, 3.8) is 0 Å². The second-order valence-electron chi connectivity index (χ2n) is 6.32. The maximum atomic E-state index is 13.3. The first kappa shape index (κ1) is 20.8. The predicted octanol–water partition coefficient (Wildman–Crippen LogP) is 5.06. The molecule has 0 bridgehead atoms. The zero-order chi connectivity index (χ0) is 20.1. The van der Waals surface area contributed by atoms with Crippen molar-refractivity contribution in [1.82, 2.24) is 9.88 Å². The number of aromatic nitrogens is 1. The van der Waals surface area contributed by atoms with Crippen molar-refractivity contribution < 1.29 is 9.53 Å². The summed E-state index contributed by atoms with van der Waals surface area (Å²) >= 11 is 4.97. The van der Waals surface area contributed by atoms with Gasteiger partial charge in [0.1, 0.15) is 5.75 Å². The number of carbonyl (C=O) groups is 1. The lowest BCUT2D eigenvalue weighted by Gasteiger charge is -2.24. The van der Waals surface area contributed by atoms with E-state index in [1.807, 2.05) is 42.5 Å². The van der Waals surface area contributed by atoms with Gasteiger partial charge in [-0.25, -0.2) is 4.98 Å². The van der Waals surface area contributed by atoms with Crippen LogP contribution in [0.5, 0.6) is 5.75 Å². The van der Waals surface area contributed by atoms with Crippen LogP contribution in [0, 0.1) is 0 Å². The number of rotatable bonds is 8. The Kier molecular flexibility index (Phi) is 7.04. The Morgan fingerprint density at radius 2 is 1.93 bits per heavy atom. The fourth-order valence-corrected chi connectivity index (χ4v) is 4.40. The third kappa shape index (κ3) is 4.71. The van der Waals surface area contributed by atoms with Crippen LogP contribution in [0.1, 0.15) is 24.2 Å². The number of hydrogen-bond donors (Lipinski definition) is 0. The molecule has 28 heavy (non-hydrogen) atoms. The highest BCUT2D eigenvalue weighted by atomic mass is 79.9. The molecule has 7 heteroatoms. The van der Waals surface area contributed by atoms with Crippen molar-refractivity contribution in [2.75, 3.05) is 38.2 Å². The molecule has 0 unspecified atom stereocenters. The zero-order valence-electron chi connectivity index (χ0n) is 16.3. The molecule has 3 aromatic rings. The molecule has 0 aliphatic heterocycles. The zero-order valence-corrected chi connectivity index (χ0v) is 18.7. The van der Waals surface area contributed by atoms with Crippen LogP contribution in [0.25, 0.3) is 10.2 Å². The van der Waals surface area contributed by atoms with Gasteiger partial charge in [-0.1, -0.05) is 47.2 Å². The highest BCUT2D eigenvalue weighted by Gasteiger charge is 2.22. The van der Waals surface area contributed by atoms with E-state index in [9.17, 15) is 4.79 Å². The molecule has 1 aromatic heterocycles. The van der Waals surface area contributed by atoms with E-state index >= 15 is 0 Å². The number of anilines is 1. The quantitative estimate of drug-likeness (QED) is 0.470. The number of halogens is 1. The largest absolute Gasteiger partial charge is 0.497 e. The highest BCUT2D eigenvalue weighted by molar-refractivity contribution is 9.10. The molecule has 1 amide bonds. The van der Waals surface area contributed by atoms with Crippen LogP contribution in [0.2, 0.25) is 0 Å². The average Bonchev–Trinajstić information content (AvgIpc) is 3.13. The van der Waals surface area contributed by atoms with Gasteiger partial charge >= 0.3 is 0 Å². The molecule has 148 valence electrons. The van der Waals surface area contributed by atoms with E-state index in [1.165, 1.54) is 11.3 Å². The molecule has 2 aromatic carbocycles. The van der Waals surface area contributed by atoms with Gasteiger partial charge in [-0.3, -0.25) is 9.69 Å². The molecule has 1 heterocycles. The normalized spacial score (nSPS) is 11.2. The molecular formula is C21H24BrN3O2S. The lowest BCUT2D eigenvalue weighted by Crippen LogP contribution is -2.38. The summed E-state index contributed by atoms with van der Waals surface area (Å²) in [7, 11) is 1.65. The Hall–Kier alpha value is -1.96. The molecule has 0 saturated carbocycles. The van der Waals surface area contributed by atoms with Gasteiger partial charge in [0, 0.05) is 23.1 Å². The third-order valence-corrected chi connectivity index (χ3v) is 6.20. The first-order valence-electron chi connectivity index (χ1n) is 9.30. The molecule has 0 aliphatic rings. The second kappa shape index (κ2) is 9.49. The molecule has 0 atom stereocenters. The minimum Gasteiger partial charge on any atom is -0.497 e. The summed E-state index contributed by atoms with van der Waals surface area (Å²) < 4.78 is 7.21. The second-order valence-corrected chi connectivity index (χ2v) is 8.25. The van der Waals surface area contributed by atoms with E-state index in [2.05, 4.69) is 34.7 Å². The SMILES string of the molecule is CCN(CC)CCN(C(=O)c1cccc(Br)c1)c1nc2ccc(OC)cc2s1. The summed E-state index contributed by atoms with van der Waals surface area (Å²) in [5, 5.41) is 0.709. The molecule has 0 saturated heterocycles. The van der Waals surface area contributed by atoms with Gasteiger partial charge in [-0.15, -0.1) is 0 Å². The van der Waals surface area contributed by atoms with Gasteiger partial charge in [-0.2, -0.15) is 0 Å². The monoisotopic (exact) mass is 461 g/mol. The summed E-state index contributed by atoms with van der Waals surface area (Å²) in [6.07, 6.45) is 0. The highest BCUT2D eigenvalue weighted by Crippen LogP contribution is 2.32. The smallest absolute Gasteiger partial charge is 0.260 e. The fraction of sp³-hybridized carbons (Fsp3) is 0.333. The predicted molar refractivity (Wildman–Crippen MR) is 120 cm³/mol. The van der Waals surface area contributed by atoms with Crippen molar-refractivity contribution >= 4 is 48.5 Å². The van der Waals surface area contributed by atoms with E-state index in [0.717, 1.165) is 40.1 Å². The Balaban J connectivity index is 1.96. The number of benzene rings is 2. The Morgan fingerprint density at radius 1 is 1.14 bits per heavy atom. The van der Waals surface area contributed by atoms with Crippen LogP contribution >= 0.6 is 27.3 Å². The van der Waals surface area contributed by atoms with E-state index < -0.39 is 0 Å². The van der Waals surface area contributed by atoms with E-state index in [0.29, 0.717) is 17.2 Å². The maximum Gasteiger partial charge on any atom is 0.260 e. The number of thiazole rings is 1. The standard InChI is InChI=1S/C21H24BrN3O2S/c1-4-24(5-2)11-12-25(20(26)15-7-6-8-16(22)13-15)21-23-18-10-9-17(27-3)14-19(18)28-21/h6-10,13-14H,4-5,11-12H2,1-3H3. The number of hydrogen-bond acceptors (Lipinski definition) is 5. The Morgan fingerprint density at radius 3 is 2.61 bits per heavy atom. The number of fused-ring (bicyclic) bond motifs is 1. The van der Waals surface area contributed by atoms with Gasteiger partial charge in [0.15, 0.2) is 5.13 Å². The molecule has 5 nitrogen and oxygen atoms in total. The first-order chi connectivity index (χ1) is 13.5. The van der Waals surface area contributed by atoms with Crippen LogP contribution < -0.4 is 9.64 Å². The van der Waals surface area contributed by atoms with Crippen molar-refractivity contribution in [2.45, 2.75) is 13.8 Å². The van der Waals surface area contributed by atoms with Crippen LogP contribution in [-0.4, -0.2) is 49.1 Å². The average molecular weight is 462 g/mol. The lowest BCUT2D eigenvalue weighted by molar-refractivity contribution is 0.0983. The van der Waals surface area contributed by atoms with Crippen LogP contribution in [-0.2, 0) is 0 Å². The summed E-state index contributed by atoms with van der Waals surface area (Å²) in [5.41, 5.74) is 1.52. The minimum absolute atomic E-state index is 0.0422. The Bertz CT molecular complexity index is 956. The molecule has 0 N–H and O–H groups in total. The van der Waals surface area contributed by atoms with Gasteiger partial charge in [0.2, 0.25) is 0 Å². The number of carbonyl (C=O) groups excluding carboxylic acids is 1. The van der Waals surface area contributed by atoms with Gasteiger partial charge < -0.3 is 9.64 Å². The number of methoxy groups -OCH3 is 1. The van der Waals surface area contributed by atoms with Gasteiger partial charge in [0.25, 0.3) is 5.91 Å². The van der Waals surface area contributed by atoms with Crippen molar-refractivity contribution in [1.29, 1.82) is 0 Å². The minimum atomic E-state index is -0.0422. The third-order valence-electron chi connectivity index (χ3n) is 4.67. The number of amides is 1. The van der Waals surface area contributed by atoms with Crippen LogP contribution in [0.4, 0.5) is 5.13 Å². The molecule has 0 aliphatic carbocycles. The Labute approximate surface area is 178 Å². The van der Waals surface area contributed by atoms with E-state index in [4.69, 9.17) is 9.72 Å². The molecule has 0 spiro atoms. The van der Waals surface area contributed by atoms with E-state index in [-0.39, 0.29) is 5.91 Å². The van der Waals surface area contributed by atoms with Crippen molar-refractivity contribution in [3.8, 4) is 5.75 Å². The number of nitrogens with zero attached hydrogens (tertiary/aromatic N) is 3. The van der Waals surface area contributed by atoms with Crippen LogP contribution in [0.3, 0.4) is 0 Å². The molecular weight excluding hydrogens is 438 g/mol. The summed E-state index contributed by atoms with van der Waals surface area (Å²) in [6.45, 7) is 7.55. The molecule has 0 radical (unpaired) electrons. The van der Waals surface area contributed by atoms with Crippen molar-refractivity contribution in [2.24, 2.45) is 0 Å². The maximum absolute atomic E-state index is 13.3. The van der Waals surface area contributed by atoms with Gasteiger partial charge in [-0.05, 0) is 49.5 Å². The summed E-state index contributed by atoms with van der Waals surface area (Å²) in [4.78, 5) is 22.1. The fourth-order valence-electron chi connectivity index (χ4n) is 2.98. The van der Waals surface area contributed by atoms with Crippen molar-refractivity contribution in [3.05, 3.63) is 52.5 Å². The summed E-state index contributed by atoms with van der Waals surface area (Å²) in [5.74, 6) is 0.746. The van der Waals surface area contributed by atoms with Gasteiger partial charge in [0.05, 0.1) is 17.3 Å². The molecule has 3 rings (SSSR count). The summed E-state index contributed by atoms with van der Waals surface area (Å²) in [6, 6.07) is 13.3. The first-order valence-corrected chi connectivity index (χ1v) is 10.9. The van der Waals surface area contributed by atoms with Crippen LogP contribution in [0.15, 0.2) is 46.9 Å². The number of ether oxygens (including phenoxy) is 1. The van der Waals surface area contributed by atoms with E-state index in [1.54, 1.807) is 12.0 Å². The lowest BCUT2D eigenvalue weighted by atomic mass is 10.2. The topological polar surface area (TPSA) is 45.7 Å². The molecule has 0 fully saturated rings. The number of likely N-dealkylation sites (N-methyl/N-ethyl adjacent to an activating group) is 1.